The number of hydrogen-bond donors (Lipinski definition) is 1. The number of aryl methyl sites for hydroxylation is 2. The normalized spacial score (nSPS) is 12.5. The Morgan fingerprint density at radius 2 is 1.76 bits per heavy atom. The lowest BCUT2D eigenvalue weighted by Crippen LogP contribution is -2.36. The van der Waals surface area contributed by atoms with Crippen molar-refractivity contribution < 1.29 is 4.79 Å². The van der Waals surface area contributed by atoms with Crippen molar-refractivity contribution in [2.45, 2.75) is 46.6 Å². The third-order valence-corrected chi connectivity index (χ3v) is 3.15. The summed E-state index contributed by atoms with van der Waals surface area (Å²) in [4.78, 5) is 11.7. The molecule has 1 aromatic rings. The van der Waals surface area contributed by atoms with E-state index in [0.29, 0.717) is 12.3 Å². The molecule has 1 N–H and O–H groups in total. The van der Waals surface area contributed by atoms with Crippen molar-refractivity contribution in [3.63, 3.8) is 0 Å². The molecule has 1 aromatic carbocycles. The van der Waals surface area contributed by atoms with E-state index in [1.807, 2.05) is 0 Å². The first-order valence-electron chi connectivity index (χ1n) is 6.34. The van der Waals surface area contributed by atoms with Crippen molar-refractivity contribution in [3.8, 4) is 0 Å². The molecule has 1 atom stereocenters. The monoisotopic (exact) mass is 233 g/mol. The van der Waals surface area contributed by atoms with Gasteiger partial charge in [0.1, 0.15) is 0 Å². The van der Waals surface area contributed by atoms with Gasteiger partial charge in [0, 0.05) is 12.5 Å². The zero-order chi connectivity index (χ0) is 12.8. The van der Waals surface area contributed by atoms with Crippen LogP contribution in [0, 0.1) is 12.8 Å². The summed E-state index contributed by atoms with van der Waals surface area (Å²) in [5, 5.41) is 3.02. The summed E-state index contributed by atoms with van der Waals surface area (Å²) in [6.07, 6.45) is 1.39. The van der Waals surface area contributed by atoms with Crippen molar-refractivity contribution >= 4 is 5.91 Å². The van der Waals surface area contributed by atoms with E-state index in [1.165, 1.54) is 11.1 Å². The molecule has 0 aromatic heterocycles. The summed E-state index contributed by atoms with van der Waals surface area (Å²) in [6, 6.07) is 8.61. The molecular formula is C15H23NO. The fraction of sp³-hybridized carbons (Fsp3) is 0.533. The van der Waals surface area contributed by atoms with Crippen LogP contribution in [0.4, 0.5) is 0 Å². The Balaban J connectivity index is 2.35. The third-order valence-electron chi connectivity index (χ3n) is 3.15. The van der Waals surface area contributed by atoms with Crippen LogP contribution in [-0.2, 0) is 11.2 Å². The van der Waals surface area contributed by atoms with E-state index in [-0.39, 0.29) is 11.9 Å². The van der Waals surface area contributed by atoms with Crippen molar-refractivity contribution in [2.75, 3.05) is 0 Å². The zero-order valence-corrected chi connectivity index (χ0v) is 11.3. The maximum absolute atomic E-state index is 11.7. The number of carbonyl (C=O) groups excluding carboxylic acids is 1. The lowest BCUT2D eigenvalue weighted by atomic mass is 10.1. The van der Waals surface area contributed by atoms with E-state index in [1.54, 1.807) is 0 Å². The van der Waals surface area contributed by atoms with E-state index in [4.69, 9.17) is 0 Å². The van der Waals surface area contributed by atoms with Gasteiger partial charge in [-0.25, -0.2) is 0 Å². The maximum Gasteiger partial charge on any atom is 0.220 e. The fourth-order valence-corrected chi connectivity index (χ4v) is 1.51. The average molecular weight is 233 g/mol. The highest BCUT2D eigenvalue weighted by Gasteiger charge is 2.10. The van der Waals surface area contributed by atoms with Gasteiger partial charge in [-0.3, -0.25) is 4.79 Å². The van der Waals surface area contributed by atoms with Crippen LogP contribution in [0.1, 0.15) is 38.3 Å². The number of benzene rings is 1. The number of carbonyl (C=O) groups is 1. The van der Waals surface area contributed by atoms with E-state index in [9.17, 15) is 4.79 Å². The Labute approximate surface area is 104 Å². The molecule has 94 valence electrons. The molecule has 0 saturated carbocycles. The molecule has 0 heterocycles. The largest absolute Gasteiger partial charge is 0.353 e. The summed E-state index contributed by atoms with van der Waals surface area (Å²) < 4.78 is 0. The molecule has 0 aliphatic carbocycles. The minimum atomic E-state index is 0.145. The second-order valence-corrected chi connectivity index (χ2v) is 5.09. The summed E-state index contributed by atoms with van der Waals surface area (Å²) in [5.74, 6) is 0.630. The molecule has 0 bridgehead atoms. The van der Waals surface area contributed by atoms with Crippen molar-refractivity contribution in [3.05, 3.63) is 35.4 Å². The molecule has 0 unspecified atom stereocenters. The molecule has 0 radical (unpaired) electrons. The predicted molar refractivity (Wildman–Crippen MR) is 71.9 cm³/mol. The molecule has 0 fully saturated rings. The standard InChI is InChI=1S/C15H23NO/c1-11(2)13(4)16-15(17)10-9-14-7-5-12(3)6-8-14/h5-8,11,13H,9-10H2,1-4H3,(H,16,17)/t13-/m1/s1. The topological polar surface area (TPSA) is 29.1 Å². The van der Waals surface area contributed by atoms with Crippen LogP contribution in [0.5, 0.6) is 0 Å². The molecular weight excluding hydrogens is 210 g/mol. The molecule has 0 saturated heterocycles. The fourth-order valence-electron chi connectivity index (χ4n) is 1.51. The van der Waals surface area contributed by atoms with Crippen LogP contribution in [0.3, 0.4) is 0 Å². The average Bonchev–Trinajstić information content (AvgIpc) is 2.28. The van der Waals surface area contributed by atoms with E-state index < -0.39 is 0 Å². The highest BCUT2D eigenvalue weighted by molar-refractivity contribution is 5.76. The van der Waals surface area contributed by atoms with Crippen LogP contribution < -0.4 is 5.32 Å². The molecule has 2 heteroatoms. The first kappa shape index (κ1) is 13.8. The first-order valence-corrected chi connectivity index (χ1v) is 6.34. The van der Waals surface area contributed by atoms with Crippen LogP contribution in [0.15, 0.2) is 24.3 Å². The summed E-state index contributed by atoms with van der Waals surface area (Å²) >= 11 is 0. The Bertz CT molecular complexity index is 354. The lowest BCUT2D eigenvalue weighted by Gasteiger charge is -2.17. The second-order valence-electron chi connectivity index (χ2n) is 5.09. The maximum atomic E-state index is 11.7. The van der Waals surface area contributed by atoms with Crippen molar-refractivity contribution in [2.24, 2.45) is 5.92 Å². The van der Waals surface area contributed by atoms with Gasteiger partial charge in [0.25, 0.3) is 0 Å². The minimum absolute atomic E-state index is 0.145. The van der Waals surface area contributed by atoms with Gasteiger partial charge >= 0.3 is 0 Å². The number of nitrogens with one attached hydrogen (secondary N) is 1. The summed E-state index contributed by atoms with van der Waals surface area (Å²) in [7, 11) is 0. The van der Waals surface area contributed by atoms with E-state index in [2.05, 4.69) is 57.3 Å². The Hall–Kier alpha value is -1.31. The Morgan fingerprint density at radius 1 is 1.18 bits per heavy atom. The van der Waals surface area contributed by atoms with Crippen LogP contribution in [-0.4, -0.2) is 11.9 Å². The number of rotatable bonds is 5. The highest BCUT2D eigenvalue weighted by Crippen LogP contribution is 2.06. The lowest BCUT2D eigenvalue weighted by molar-refractivity contribution is -0.121. The van der Waals surface area contributed by atoms with Crippen LogP contribution >= 0.6 is 0 Å². The number of hydrogen-bond acceptors (Lipinski definition) is 1. The van der Waals surface area contributed by atoms with Gasteiger partial charge in [-0.15, -0.1) is 0 Å². The molecule has 0 spiro atoms. The Morgan fingerprint density at radius 3 is 2.29 bits per heavy atom. The SMILES string of the molecule is Cc1ccc(CCC(=O)N[C@H](C)C(C)C)cc1. The Kier molecular flexibility index (Phi) is 5.20. The minimum Gasteiger partial charge on any atom is -0.353 e. The van der Waals surface area contributed by atoms with Gasteiger partial charge in [-0.05, 0) is 31.7 Å². The quantitative estimate of drug-likeness (QED) is 0.832. The van der Waals surface area contributed by atoms with Gasteiger partial charge in [-0.1, -0.05) is 43.7 Å². The number of amides is 1. The first-order chi connectivity index (χ1) is 7.99. The van der Waals surface area contributed by atoms with Gasteiger partial charge < -0.3 is 5.32 Å². The molecule has 1 rings (SSSR count). The van der Waals surface area contributed by atoms with Gasteiger partial charge in [0.2, 0.25) is 5.91 Å². The van der Waals surface area contributed by atoms with Crippen LogP contribution in [0.2, 0.25) is 0 Å². The third kappa shape index (κ3) is 5.03. The second kappa shape index (κ2) is 6.43. The van der Waals surface area contributed by atoms with Gasteiger partial charge in [0.05, 0.1) is 0 Å². The highest BCUT2D eigenvalue weighted by atomic mass is 16.1. The van der Waals surface area contributed by atoms with E-state index in [0.717, 1.165) is 6.42 Å². The summed E-state index contributed by atoms with van der Waals surface area (Å²) in [6.45, 7) is 8.35. The smallest absolute Gasteiger partial charge is 0.220 e. The predicted octanol–water partition coefficient (Wildman–Crippen LogP) is 3.09. The molecule has 0 aliphatic heterocycles. The molecule has 17 heavy (non-hydrogen) atoms. The van der Waals surface area contributed by atoms with Gasteiger partial charge in [0.15, 0.2) is 0 Å². The van der Waals surface area contributed by atoms with Crippen molar-refractivity contribution in [1.82, 2.24) is 5.32 Å². The molecule has 2 nitrogen and oxygen atoms in total. The summed E-state index contributed by atoms with van der Waals surface area (Å²) in [5.41, 5.74) is 2.48. The van der Waals surface area contributed by atoms with Gasteiger partial charge in [-0.2, -0.15) is 0 Å². The zero-order valence-electron chi connectivity index (χ0n) is 11.3. The van der Waals surface area contributed by atoms with E-state index >= 15 is 0 Å². The van der Waals surface area contributed by atoms with Crippen molar-refractivity contribution in [1.29, 1.82) is 0 Å². The molecule has 0 aliphatic rings. The van der Waals surface area contributed by atoms with Crippen LogP contribution in [0.25, 0.3) is 0 Å². The molecule has 1 amide bonds.